The Balaban J connectivity index is 1.48. The van der Waals surface area contributed by atoms with Crippen molar-refractivity contribution in [3.8, 4) is 5.75 Å². The molecular weight excluding hydrogens is 454 g/mol. The minimum atomic E-state index is -3.65. The fraction of sp³-hybridized carbons (Fsp3) is 0.364. The molecule has 0 saturated carbocycles. The van der Waals surface area contributed by atoms with Gasteiger partial charge in [-0.15, -0.1) is 0 Å². The van der Waals surface area contributed by atoms with E-state index in [1.165, 1.54) is 23.5 Å². The number of nitrogens with one attached hydrogen (secondary N) is 1. The predicted octanol–water partition coefficient (Wildman–Crippen LogP) is 2.28. The SMILES string of the molecule is CNC(=O)C1CN(C(=O)C2CCN(S(=O)(=O)c3ccc(Cl)cc3)CC2)c2ccccc2O1. The zero-order valence-corrected chi connectivity index (χ0v) is 19.1. The largest absolute Gasteiger partial charge is 0.477 e. The van der Waals surface area contributed by atoms with E-state index in [1.54, 1.807) is 35.2 Å². The molecule has 10 heteroatoms. The molecule has 0 bridgehead atoms. The highest BCUT2D eigenvalue weighted by molar-refractivity contribution is 7.89. The molecule has 2 amide bonds. The molecule has 1 N–H and O–H groups in total. The lowest BCUT2D eigenvalue weighted by atomic mass is 9.95. The van der Waals surface area contributed by atoms with E-state index in [0.29, 0.717) is 29.3 Å². The van der Waals surface area contributed by atoms with E-state index < -0.39 is 16.1 Å². The zero-order chi connectivity index (χ0) is 22.9. The first-order valence-electron chi connectivity index (χ1n) is 10.4. The van der Waals surface area contributed by atoms with E-state index in [4.69, 9.17) is 16.3 Å². The van der Waals surface area contributed by atoms with Gasteiger partial charge < -0.3 is 15.0 Å². The summed E-state index contributed by atoms with van der Waals surface area (Å²) in [4.78, 5) is 27.3. The molecule has 0 radical (unpaired) electrons. The molecule has 32 heavy (non-hydrogen) atoms. The molecule has 0 aliphatic carbocycles. The number of hydrogen-bond donors (Lipinski definition) is 1. The third-order valence-electron chi connectivity index (χ3n) is 5.83. The molecule has 2 aliphatic heterocycles. The predicted molar refractivity (Wildman–Crippen MR) is 120 cm³/mol. The summed E-state index contributed by atoms with van der Waals surface area (Å²) in [5, 5.41) is 3.03. The van der Waals surface area contributed by atoms with Crippen LogP contribution < -0.4 is 15.0 Å². The first kappa shape index (κ1) is 22.6. The lowest BCUT2D eigenvalue weighted by Crippen LogP contribution is -2.52. The number of piperidine rings is 1. The Morgan fingerprint density at radius 1 is 1.06 bits per heavy atom. The van der Waals surface area contributed by atoms with Gasteiger partial charge in [-0.05, 0) is 49.2 Å². The maximum atomic E-state index is 13.4. The number of rotatable bonds is 4. The first-order chi connectivity index (χ1) is 15.3. The summed E-state index contributed by atoms with van der Waals surface area (Å²) in [6, 6.07) is 13.2. The second kappa shape index (κ2) is 9.09. The van der Waals surface area contributed by atoms with Crippen LogP contribution in [-0.2, 0) is 19.6 Å². The zero-order valence-electron chi connectivity index (χ0n) is 17.5. The summed E-state index contributed by atoms with van der Waals surface area (Å²) in [5.41, 5.74) is 0.619. The van der Waals surface area contributed by atoms with Crippen molar-refractivity contribution in [2.75, 3.05) is 31.6 Å². The van der Waals surface area contributed by atoms with Crippen LogP contribution >= 0.6 is 11.6 Å². The minimum Gasteiger partial charge on any atom is -0.477 e. The van der Waals surface area contributed by atoms with Crippen LogP contribution in [0.25, 0.3) is 0 Å². The number of carbonyl (C=O) groups excluding carboxylic acids is 2. The minimum absolute atomic E-state index is 0.110. The smallest absolute Gasteiger partial charge is 0.262 e. The van der Waals surface area contributed by atoms with Gasteiger partial charge in [0.25, 0.3) is 5.91 Å². The number of halogens is 1. The quantitative estimate of drug-likeness (QED) is 0.728. The summed E-state index contributed by atoms with van der Waals surface area (Å²) in [6.45, 7) is 0.595. The van der Waals surface area contributed by atoms with Gasteiger partial charge in [0, 0.05) is 31.1 Å². The number of amides is 2. The van der Waals surface area contributed by atoms with Crippen molar-refractivity contribution in [1.82, 2.24) is 9.62 Å². The molecule has 0 spiro atoms. The Morgan fingerprint density at radius 3 is 2.38 bits per heavy atom. The lowest BCUT2D eigenvalue weighted by Gasteiger charge is -2.38. The molecule has 0 aromatic heterocycles. The van der Waals surface area contributed by atoms with Crippen LogP contribution in [-0.4, -0.2) is 57.3 Å². The number of carbonyl (C=O) groups is 2. The van der Waals surface area contributed by atoms with Crippen LogP contribution in [0.3, 0.4) is 0 Å². The van der Waals surface area contributed by atoms with E-state index in [-0.39, 0.29) is 42.3 Å². The molecule has 1 unspecified atom stereocenters. The number of fused-ring (bicyclic) bond motifs is 1. The molecule has 4 rings (SSSR count). The number of hydrogen-bond acceptors (Lipinski definition) is 5. The van der Waals surface area contributed by atoms with Crippen molar-refractivity contribution in [2.24, 2.45) is 5.92 Å². The molecule has 2 heterocycles. The van der Waals surface area contributed by atoms with E-state index in [0.717, 1.165) is 0 Å². The highest BCUT2D eigenvalue weighted by Gasteiger charge is 2.38. The van der Waals surface area contributed by atoms with Gasteiger partial charge in [-0.1, -0.05) is 23.7 Å². The van der Waals surface area contributed by atoms with E-state index in [9.17, 15) is 18.0 Å². The van der Waals surface area contributed by atoms with Crippen LogP contribution in [0.2, 0.25) is 5.02 Å². The summed E-state index contributed by atoms with van der Waals surface area (Å²) < 4.78 is 33.0. The fourth-order valence-corrected chi connectivity index (χ4v) is 5.66. The molecule has 170 valence electrons. The number of para-hydroxylation sites is 2. The van der Waals surface area contributed by atoms with Gasteiger partial charge in [-0.25, -0.2) is 8.42 Å². The van der Waals surface area contributed by atoms with Crippen LogP contribution in [0, 0.1) is 5.92 Å². The van der Waals surface area contributed by atoms with E-state index in [1.807, 2.05) is 6.07 Å². The highest BCUT2D eigenvalue weighted by Crippen LogP contribution is 2.35. The number of likely N-dealkylation sites (N-methyl/N-ethyl adjacent to an activating group) is 1. The van der Waals surface area contributed by atoms with Crippen molar-refractivity contribution >= 4 is 39.1 Å². The Kier molecular flexibility index (Phi) is 6.41. The molecule has 1 atom stereocenters. The second-order valence-electron chi connectivity index (χ2n) is 7.77. The van der Waals surface area contributed by atoms with E-state index in [2.05, 4.69) is 5.32 Å². The number of sulfonamides is 1. The molecule has 2 aromatic rings. The molecule has 2 aliphatic rings. The summed E-state index contributed by atoms with van der Waals surface area (Å²) in [7, 11) is -2.12. The standard InChI is InChI=1S/C22H24ClN3O5S/c1-24-21(27)20-14-26(18-4-2-3-5-19(18)31-20)22(28)15-10-12-25(13-11-15)32(29,30)17-8-6-16(23)7-9-17/h2-9,15,20H,10-14H2,1H3,(H,24,27). The van der Waals surface area contributed by atoms with E-state index >= 15 is 0 Å². The highest BCUT2D eigenvalue weighted by atomic mass is 35.5. The van der Waals surface area contributed by atoms with Crippen LogP contribution in [0.5, 0.6) is 5.75 Å². The van der Waals surface area contributed by atoms with Crippen molar-refractivity contribution in [1.29, 1.82) is 0 Å². The topological polar surface area (TPSA) is 96.0 Å². The molecule has 1 saturated heterocycles. The molecule has 8 nitrogen and oxygen atoms in total. The van der Waals surface area contributed by atoms with Crippen molar-refractivity contribution in [3.05, 3.63) is 53.6 Å². The van der Waals surface area contributed by atoms with Crippen molar-refractivity contribution < 1.29 is 22.7 Å². The average Bonchev–Trinajstić information content (AvgIpc) is 2.82. The molecular formula is C22H24ClN3O5S. The Labute approximate surface area is 192 Å². The Bertz CT molecular complexity index is 1110. The van der Waals surface area contributed by atoms with Crippen molar-refractivity contribution in [2.45, 2.75) is 23.8 Å². The van der Waals surface area contributed by atoms with Gasteiger partial charge in [-0.2, -0.15) is 4.31 Å². The average molecular weight is 478 g/mol. The molecule has 1 fully saturated rings. The number of nitrogens with zero attached hydrogens (tertiary/aromatic N) is 2. The van der Waals surface area contributed by atoms with Gasteiger partial charge in [-0.3, -0.25) is 9.59 Å². The van der Waals surface area contributed by atoms with Crippen LogP contribution in [0.15, 0.2) is 53.4 Å². The second-order valence-corrected chi connectivity index (χ2v) is 10.1. The Hall–Kier alpha value is -2.62. The number of ether oxygens (including phenoxy) is 1. The summed E-state index contributed by atoms with van der Waals surface area (Å²) in [6.07, 6.45) is -0.00439. The van der Waals surface area contributed by atoms with Crippen LogP contribution in [0.1, 0.15) is 12.8 Å². The van der Waals surface area contributed by atoms with Gasteiger partial charge in [0.05, 0.1) is 17.1 Å². The van der Waals surface area contributed by atoms with Gasteiger partial charge in [0.15, 0.2) is 6.10 Å². The van der Waals surface area contributed by atoms with Gasteiger partial charge in [0.2, 0.25) is 15.9 Å². The fourth-order valence-electron chi connectivity index (χ4n) is 4.06. The third-order valence-corrected chi connectivity index (χ3v) is 8.00. The monoisotopic (exact) mass is 477 g/mol. The third kappa shape index (κ3) is 4.32. The maximum absolute atomic E-state index is 13.4. The Morgan fingerprint density at radius 2 is 1.72 bits per heavy atom. The summed E-state index contributed by atoms with van der Waals surface area (Å²) in [5.74, 6) is -0.300. The maximum Gasteiger partial charge on any atom is 0.262 e. The molecule has 2 aromatic carbocycles. The van der Waals surface area contributed by atoms with Crippen molar-refractivity contribution in [3.63, 3.8) is 0 Å². The number of anilines is 1. The lowest BCUT2D eigenvalue weighted by molar-refractivity contribution is -0.128. The van der Waals surface area contributed by atoms with Gasteiger partial charge >= 0.3 is 0 Å². The summed E-state index contributed by atoms with van der Waals surface area (Å²) >= 11 is 5.87. The number of benzene rings is 2. The van der Waals surface area contributed by atoms with Gasteiger partial charge in [0.1, 0.15) is 5.75 Å². The van der Waals surface area contributed by atoms with Crippen LogP contribution in [0.4, 0.5) is 5.69 Å². The normalized spacial score (nSPS) is 19.7. The first-order valence-corrected chi connectivity index (χ1v) is 12.2.